The topological polar surface area (TPSA) is 41.5 Å². The van der Waals surface area contributed by atoms with Gasteiger partial charge in [0.05, 0.1) is 17.8 Å². The maximum atomic E-state index is 10.6. The molecule has 2 atom stereocenters. The summed E-state index contributed by atoms with van der Waals surface area (Å²) in [6.07, 6.45) is 6.63. The minimum absolute atomic E-state index is 0.330. The van der Waals surface area contributed by atoms with Crippen molar-refractivity contribution in [1.29, 1.82) is 0 Å². The van der Waals surface area contributed by atoms with Crippen molar-refractivity contribution in [3.63, 3.8) is 0 Å². The van der Waals surface area contributed by atoms with Crippen LogP contribution in [0.1, 0.15) is 66.2 Å². The molecular weight excluding hydrogens is 226 g/mol. The Kier molecular flexibility index (Phi) is 6.61. The SMILES string of the molecule is CCCC(O)(CCC)CNC1CC(C)OC(C)C1. The summed E-state index contributed by atoms with van der Waals surface area (Å²) in [7, 11) is 0. The molecule has 1 fully saturated rings. The monoisotopic (exact) mass is 257 g/mol. The molecule has 0 radical (unpaired) electrons. The van der Waals surface area contributed by atoms with Crippen molar-refractivity contribution in [3.05, 3.63) is 0 Å². The van der Waals surface area contributed by atoms with Crippen LogP contribution in [0, 0.1) is 0 Å². The van der Waals surface area contributed by atoms with Crippen molar-refractivity contribution < 1.29 is 9.84 Å². The van der Waals surface area contributed by atoms with Crippen LogP contribution in [0.3, 0.4) is 0 Å². The summed E-state index contributed by atoms with van der Waals surface area (Å²) in [5.74, 6) is 0. The lowest BCUT2D eigenvalue weighted by atomic mass is 9.91. The molecule has 0 amide bonds. The van der Waals surface area contributed by atoms with E-state index in [9.17, 15) is 5.11 Å². The van der Waals surface area contributed by atoms with Crippen LogP contribution in [0.15, 0.2) is 0 Å². The summed E-state index contributed by atoms with van der Waals surface area (Å²) < 4.78 is 5.74. The van der Waals surface area contributed by atoms with Crippen LogP contribution in [0.25, 0.3) is 0 Å². The fraction of sp³-hybridized carbons (Fsp3) is 1.00. The minimum Gasteiger partial charge on any atom is -0.389 e. The highest BCUT2D eigenvalue weighted by Crippen LogP contribution is 2.22. The van der Waals surface area contributed by atoms with Crippen LogP contribution in [-0.2, 0) is 4.74 Å². The third-order valence-electron chi connectivity index (χ3n) is 3.85. The van der Waals surface area contributed by atoms with Gasteiger partial charge in [0.1, 0.15) is 0 Å². The van der Waals surface area contributed by atoms with E-state index < -0.39 is 5.60 Å². The second-order valence-electron chi connectivity index (χ2n) is 6.03. The lowest BCUT2D eigenvalue weighted by Crippen LogP contribution is -2.48. The molecule has 0 aliphatic carbocycles. The van der Waals surface area contributed by atoms with Gasteiger partial charge in [-0.3, -0.25) is 0 Å². The Hall–Kier alpha value is -0.120. The maximum Gasteiger partial charge on any atom is 0.0771 e. The Morgan fingerprint density at radius 1 is 1.11 bits per heavy atom. The highest BCUT2D eigenvalue weighted by atomic mass is 16.5. The van der Waals surface area contributed by atoms with E-state index >= 15 is 0 Å². The third kappa shape index (κ3) is 5.25. The molecule has 18 heavy (non-hydrogen) atoms. The van der Waals surface area contributed by atoms with Crippen LogP contribution in [0.5, 0.6) is 0 Å². The van der Waals surface area contributed by atoms with Gasteiger partial charge in [-0.1, -0.05) is 26.7 Å². The van der Waals surface area contributed by atoms with E-state index in [2.05, 4.69) is 33.0 Å². The van der Waals surface area contributed by atoms with E-state index in [0.29, 0.717) is 18.2 Å². The summed E-state index contributed by atoms with van der Waals surface area (Å²) in [6.45, 7) is 9.26. The lowest BCUT2D eigenvalue weighted by molar-refractivity contribution is -0.0482. The quantitative estimate of drug-likeness (QED) is 0.737. The Morgan fingerprint density at radius 2 is 1.61 bits per heavy atom. The zero-order chi connectivity index (χ0) is 13.6. The van der Waals surface area contributed by atoms with Gasteiger partial charge in [-0.05, 0) is 39.5 Å². The van der Waals surface area contributed by atoms with Crippen LogP contribution in [0.2, 0.25) is 0 Å². The summed E-state index contributed by atoms with van der Waals surface area (Å²) in [5.41, 5.74) is -0.520. The maximum absolute atomic E-state index is 10.6. The molecule has 1 heterocycles. The molecule has 0 aromatic carbocycles. The lowest BCUT2D eigenvalue weighted by Gasteiger charge is -2.36. The van der Waals surface area contributed by atoms with Crippen LogP contribution < -0.4 is 5.32 Å². The van der Waals surface area contributed by atoms with Crippen LogP contribution >= 0.6 is 0 Å². The summed E-state index contributed by atoms with van der Waals surface area (Å²) in [4.78, 5) is 0. The van der Waals surface area contributed by atoms with Crippen molar-refractivity contribution in [2.24, 2.45) is 0 Å². The molecule has 1 aliphatic heterocycles. The van der Waals surface area contributed by atoms with Crippen LogP contribution in [0.4, 0.5) is 0 Å². The van der Waals surface area contributed by atoms with Crippen molar-refractivity contribution in [1.82, 2.24) is 5.32 Å². The zero-order valence-electron chi connectivity index (χ0n) is 12.5. The first-order valence-corrected chi connectivity index (χ1v) is 7.60. The average Bonchev–Trinajstić information content (AvgIpc) is 2.26. The van der Waals surface area contributed by atoms with E-state index in [1.54, 1.807) is 0 Å². The molecule has 0 spiro atoms. The van der Waals surface area contributed by atoms with Gasteiger partial charge < -0.3 is 15.2 Å². The van der Waals surface area contributed by atoms with Crippen molar-refractivity contribution in [3.8, 4) is 0 Å². The fourth-order valence-electron chi connectivity index (χ4n) is 3.14. The molecule has 0 aromatic heterocycles. The zero-order valence-corrected chi connectivity index (χ0v) is 12.5. The van der Waals surface area contributed by atoms with Gasteiger partial charge in [0.25, 0.3) is 0 Å². The second kappa shape index (κ2) is 7.46. The normalized spacial score (nSPS) is 29.5. The molecule has 3 heteroatoms. The predicted molar refractivity (Wildman–Crippen MR) is 75.8 cm³/mol. The van der Waals surface area contributed by atoms with Gasteiger partial charge in [0.2, 0.25) is 0 Å². The molecule has 1 rings (SSSR count). The Bertz CT molecular complexity index is 217. The molecule has 108 valence electrons. The van der Waals surface area contributed by atoms with Gasteiger partial charge in [0, 0.05) is 12.6 Å². The molecule has 2 unspecified atom stereocenters. The Balaban J connectivity index is 2.41. The standard InChI is InChI=1S/C15H31NO2/c1-5-7-15(17,8-6-2)11-16-14-9-12(3)18-13(4)10-14/h12-14,16-17H,5-11H2,1-4H3. The van der Waals surface area contributed by atoms with Crippen molar-refractivity contribution >= 4 is 0 Å². The largest absolute Gasteiger partial charge is 0.389 e. The second-order valence-corrected chi connectivity index (χ2v) is 6.03. The van der Waals surface area contributed by atoms with Gasteiger partial charge in [-0.2, -0.15) is 0 Å². The molecular formula is C15H31NO2. The van der Waals surface area contributed by atoms with Gasteiger partial charge in [0.15, 0.2) is 0 Å². The minimum atomic E-state index is -0.520. The number of hydrogen-bond acceptors (Lipinski definition) is 3. The smallest absolute Gasteiger partial charge is 0.0771 e. The van der Waals surface area contributed by atoms with E-state index in [4.69, 9.17) is 4.74 Å². The van der Waals surface area contributed by atoms with Gasteiger partial charge in [-0.15, -0.1) is 0 Å². The molecule has 2 N–H and O–H groups in total. The predicted octanol–water partition coefficient (Wildman–Crippen LogP) is 2.86. The highest BCUT2D eigenvalue weighted by molar-refractivity contribution is 4.85. The number of ether oxygens (including phenoxy) is 1. The number of hydrogen-bond donors (Lipinski definition) is 2. The van der Waals surface area contributed by atoms with Crippen molar-refractivity contribution in [2.75, 3.05) is 6.54 Å². The highest BCUT2D eigenvalue weighted by Gasteiger charge is 2.29. The summed E-state index contributed by atoms with van der Waals surface area (Å²) in [6, 6.07) is 0.490. The van der Waals surface area contributed by atoms with E-state index in [0.717, 1.165) is 45.1 Å². The van der Waals surface area contributed by atoms with E-state index in [1.807, 2.05) is 0 Å². The first-order chi connectivity index (χ1) is 8.49. The molecule has 3 nitrogen and oxygen atoms in total. The van der Waals surface area contributed by atoms with Crippen LogP contribution in [-0.4, -0.2) is 35.5 Å². The summed E-state index contributed by atoms with van der Waals surface area (Å²) >= 11 is 0. The number of aliphatic hydroxyl groups is 1. The third-order valence-corrected chi connectivity index (χ3v) is 3.85. The Morgan fingerprint density at radius 3 is 2.06 bits per heavy atom. The first-order valence-electron chi connectivity index (χ1n) is 7.60. The van der Waals surface area contributed by atoms with Gasteiger partial charge in [-0.25, -0.2) is 0 Å². The number of rotatable bonds is 7. The first kappa shape index (κ1) is 15.9. The molecule has 0 aromatic rings. The average molecular weight is 257 g/mol. The molecule has 0 saturated carbocycles. The van der Waals surface area contributed by atoms with E-state index in [-0.39, 0.29) is 0 Å². The Labute approximate surface area is 112 Å². The van der Waals surface area contributed by atoms with Gasteiger partial charge >= 0.3 is 0 Å². The molecule has 1 saturated heterocycles. The van der Waals surface area contributed by atoms with Crippen molar-refractivity contribution in [2.45, 2.75) is 90.1 Å². The fourth-order valence-corrected chi connectivity index (χ4v) is 3.14. The van der Waals surface area contributed by atoms with E-state index in [1.165, 1.54) is 0 Å². The number of nitrogens with one attached hydrogen (secondary N) is 1. The molecule has 1 aliphatic rings. The summed E-state index contributed by atoms with van der Waals surface area (Å²) in [5, 5.41) is 14.1. The molecule has 0 bridgehead atoms.